The SMILES string of the molecule is CC(C)(C)c1cc(-c2nccc3cc(-c4cc5ccccc5s4)sc23)cc2ccccc12. The Morgan fingerprint density at radius 3 is 2.22 bits per heavy atom. The molecule has 0 atom stereocenters. The van der Waals surface area contributed by atoms with Crippen LogP contribution in [-0.4, -0.2) is 4.98 Å². The van der Waals surface area contributed by atoms with Gasteiger partial charge in [-0.05, 0) is 68.9 Å². The van der Waals surface area contributed by atoms with E-state index in [0.717, 1.165) is 5.69 Å². The van der Waals surface area contributed by atoms with Crippen molar-refractivity contribution in [2.24, 2.45) is 0 Å². The smallest absolute Gasteiger partial charge is 0.0880 e. The van der Waals surface area contributed by atoms with Crippen molar-refractivity contribution in [3.63, 3.8) is 0 Å². The number of rotatable bonds is 2. The van der Waals surface area contributed by atoms with Gasteiger partial charge in [0.15, 0.2) is 0 Å². The molecule has 0 aliphatic carbocycles. The van der Waals surface area contributed by atoms with Gasteiger partial charge in [-0.1, -0.05) is 63.2 Å². The van der Waals surface area contributed by atoms with Crippen molar-refractivity contribution in [1.82, 2.24) is 4.98 Å². The third kappa shape index (κ3) is 3.24. The first kappa shape index (κ1) is 19.7. The summed E-state index contributed by atoms with van der Waals surface area (Å²) >= 11 is 3.72. The van der Waals surface area contributed by atoms with Crippen molar-refractivity contribution in [3.05, 3.63) is 90.6 Å². The third-order valence-corrected chi connectivity index (χ3v) is 8.51. The van der Waals surface area contributed by atoms with Gasteiger partial charge in [0.05, 0.1) is 10.4 Å². The van der Waals surface area contributed by atoms with E-state index < -0.39 is 0 Å². The summed E-state index contributed by atoms with van der Waals surface area (Å²) in [4.78, 5) is 7.51. The summed E-state index contributed by atoms with van der Waals surface area (Å²) in [6.45, 7) is 6.87. The highest BCUT2D eigenvalue weighted by atomic mass is 32.1. The van der Waals surface area contributed by atoms with Crippen LogP contribution in [0.3, 0.4) is 0 Å². The number of hydrogen-bond donors (Lipinski definition) is 0. The molecule has 6 rings (SSSR count). The molecule has 32 heavy (non-hydrogen) atoms. The molecule has 6 aromatic rings. The highest BCUT2D eigenvalue weighted by molar-refractivity contribution is 7.28. The van der Waals surface area contributed by atoms with Crippen LogP contribution >= 0.6 is 22.7 Å². The fraction of sp³-hybridized carbons (Fsp3) is 0.138. The zero-order chi connectivity index (χ0) is 21.9. The number of benzene rings is 3. The van der Waals surface area contributed by atoms with Crippen LogP contribution in [0.15, 0.2) is 85.1 Å². The average molecular weight is 450 g/mol. The summed E-state index contributed by atoms with van der Waals surface area (Å²) in [5, 5.41) is 5.17. The fourth-order valence-corrected chi connectivity index (χ4v) is 6.76. The van der Waals surface area contributed by atoms with Gasteiger partial charge in [0.25, 0.3) is 0 Å². The standard InChI is InChI=1S/C29H23NS2/c1-29(2,3)23-15-21(14-18-8-4-6-10-22(18)23)27-28-20(12-13-30-27)17-26(32-28)25-16-19-9-5-7-11-24(19)31-25/h4-17H,1-3H3. The molecule has 3 aromatic heterocycles. The van der Waals surface area contributed by atoms with E-state index in [0.29, 0.717) is 0 Å². The lowest BCUT2D eigenvalue weighted by Crippen LogP contribution is -2.12. The highest BCUT2D eigenvalue weighted by Gasteiger charge is 2.20. The van der Waals surface area contributed by atoms with Crippen molar-refractivity contribution in [2.75, 3.05) is 0 Å². The molecule has 0 spiro atoms. The summed E-state index contributed by atoms with van der Waals surface area (Å²) in [5.41, 5.74) is 3.70. The highest BCUT2D eigenvalue weighted by Crippen LogP contribution is 2.43. The van der Waals surface area contributed by atoms with E-state index in [1.807, 2.05) is 28.9 Å². The van der Waals surface area contributed by atoms with Gasteiger partial charge >= 0.3 is 0 Å². The summed E-state index contributed by atoms with van der Waals surface area (Å²) in [7, 11) is 0. The summed E-state index contributed by atoms with van der Waals surface area (Å²) in [5.74, 6) is 0. The quantitative estimate of drug-likeness (QED) is 0.257. The first-order valence-corrected chi connectivity index (χ1v) is 12.5. The Morgan fingerprint density at radius 2 is 1.41 bits per heavy atom. The molecule has 3 heteroatoms. The first-order chi connectivity index (χ1) is 15.5. The second kappa shape index (κ2) is 7.26. The summed E-state index contributed by atoms with van der Waals surface area (Å²) in [6.07, 6.45) is 1.95. The average Bonchev–Trinajstić information content (AvgIpc) is 3.41. The van der Waals surface area contributed by atoms with Crippen LogP contribution in [0, 0.1) is 0 Å². The van der Waals surface area contributed by atoms with E-state index in [9.17, 15) is 0 Å². The number of aromatic nitrogens is 1. The first-order valence-electron chi connectivity index (χ1n) is 10.9. The Hall–Kier alpha value is -3.01. The number of thiophene rings is 2. The lowest BCUT2D eigenvalue weighted by Gasteiger charge is -2.22. The van der Waals surface area contributed by atoms with E-state index in [-0.39, 0.29) is 5.41 Å². The van der Waals surface area contributed by atoms with E-state index in [1.54, 1.807) is 0 Å². The van der Waals surface area contributed by atoms with Crippen molar-refractivity contribution >= 4 is 53.6 Å². The van der Waals surface area contributed by atoms with Crippen molar-refractivity contribution in [3.8, 4) is 21.0 Å². The fourth-order valence-electron chi connectivity index (χ4n) is 4.46. The van der Waals surface area contributed by atoms with Gasteiger partial charge in [-0.25, -0.2) is 0 Å². The van der Waals surface area contributed by atoms with E-state index >= 15 is 0 Å². The molecule has 0 radical (unpaired) electrons. The Labute approximate surface area is 196 Å². The zero-order valence-electron chi connectivity index (χ0n) is 18.3. The minimum absolute atomic E-state index is 0.0567. The maximum absolute atomic E-state index is 4.87. The molecule has 1 nitrogen and oxygen atoms in total. The molecule has 3 aromatic carbocycles. The van der Waals surface area contributed by atoms with Gasteiger partial charge in [0.2, 0.25) is 0 Å². The van der Waals surface area contributed by atoms with Crippen LogP contribution in [0.5, 0.6) is 0 Å². The lowest BCUT2D eigenvalue weighted by atomic mass is 9.82. The van der Waals surface area contributed by atoms with Crippen LogP contribution < -0.4 is 0 Å². The molecule has 0 aliphatic heterocycles. The van der Waals surface area contributed by atoms with Gasteiger partial charge in [-0.2, -0.15) is 0 Å². The molecule has 0 N–H and O–H groups in total. The van der Waals surface area contributed by atoms with Gasteiger partial charge in [-0.15, -0.1) is 22.7 Å². The second-order valence-electron chi connectivity index (χ2n) is 9.33. The molecule has 0 bridgehead atoms. The predicted octanol–water partition coefficient (Wildman–Crippen LogP) is 9.30. The normalized spacial score (nSPS) is 12.2. The van der Waals surface area contributed by atoms with Gasteiger partial charge in [0.1, 0.15) is 0 Å². The van der Waals surface area contributed by atoms with E-state index in [1.165, 1.54) is 51.8 Å². The van der Waals surface area contributed by atoms with Crippen LogP contribution in [0.4, 0.5) is 0 Å². The monoisotopic (exact) mass is 449 g/mol. The Balaban J connectivity index is 1.56. The molecule has 0 saturated carbocycles. The number of nitrogens with zero attached hydrogens (tertiary/aromatic N) is 1. The van der Waals surface area contributed by atoms with Gasteiger partial charge in [-0.3, -0.25) is 4.98 Å². The number of pyridine rings is 1. The molecular formula is C29H23NS2. The van der Waals surface area contributed by atoms with Crippen molar-refractivity contribution in [2.45, 2.75) is 26.2 Å². The summed E-state index contributed by atoms with van der Waals surface area (Å²) in [6, 6.07) is 28.7. The third-order valence-electron chi connectivity index (χ3n) is 6.05. The molecule has 0 saturated heterocycles. The Bertz CT molecular complexity index is 1580. The van der Waals surface area contributed by atoms with Gasteiger partial charge < -0.3 is 0 Å². The zero-order valence-corrected chi connectivity index (χ0v) is 20.0. The van der Waals surface area contributed by atoms with Crippen LogP contribution in [0.2, 0.25) is 0 Å². The number of hydrogen-bond acceptors (Lipinski definition) is 3. The van der Waals surface area contributed by atoms with Crippen LogP contribution in [0.25, 0.3) is 52.0 Å². The molecule has 0 aliphatic rings. The topological polar surface area (TPSA) is 12.9 Å². The van der Waals surface area contributed by atoms with Gasteiger partial charge in [0, 0.05) is 26.2 Å². The minimum atomic E-state index is 0.0567. The van der Waals surface area contributed by atoms with E-state index in [4.69, 9.17) is 4.98 Å². The molecule has 0 fully saturated rings. The molecule has 156 valence electrons. The molecule has 0 unspecified atom stereocenters. The molecule has 0 amide bonds. The lowest BCUT2D eigenvalue weighted by molar-refractivity contribution is 0.596. The minimum Gasteiger partial charge on any atom is -0.255 e. The predicted molar refractivity (Wildman–Crippen MR) is 142 cm³/mol. The second-order valence-corrected chi connectivity index (χ2v) is 11.5. The maximum atomic E-state index is 4.87. The Morgan fingerprint density at radius 1 is 0.688 bits per heavy atom. The Kier molecular flexibility index (Phi) is 4.46. The maximum Gasteiger partial charge on any atom is 0.0880 e. The van der Waals surface area contributed by atoms with Crippen LogP contribution in [0.1, 0.15) is 26.3 Å². The molecular weight excluding hydrogens is 426 g/mol. The van der Waals surface area contributed by atoms with Crippen molar-refractivity contribution in [1.29, 1.82) is 0 Å². The van der Waals surface area contributed by atoms with Crippen molar-refractivity contribution < 1.29 is 0 Å². The van der Waals surface area contributed by atoms with E-state index in [2.05, 4.69) is 99.6 Å². The largest absolute Gasteiger partial charge is 0.255 e. The van der Waals surface area contributed by atoms with Crippen LogP contribution in [-0.2, 0) is 5.41 Å². The molecule has 3 heterocycles. The summed E-state index contributed by atoms with van der Waals surface area (Å²) < 4.78 is 2.60. The number of fused-ring (bicyclic) bond motifs is 3.